The lowest BCUT2D eigenvalue weighted by atomic mass is 10.3. The van der Waals surface area contributed by atoms with Gasteiger partial charge < -0.3 is 4.98 Å². The Kier molecular flexibility index (Phi) is 2.48. The monoisotopic (exact) mass is 270 g/mol. The highest BCUT2D eigenvalue weighted by atomic mass is 79.9. The summed E-state index contributed by atoms with van der Waals surface area (Å²) in [5.41, 5.74) is 0.580. The van der Waals surface area contributed by atoms with E-state index in [1.807, 2.05) is 0 Å². The molecule has 0 aliphatic heterocycles. The number of aromatic nitrogens is 2. The molecule has 0 saturated heterocycles. The molecule has 0 atom stereocenters. The predicted molar refractivity (Wildman–Crippen MR) is 58.8 cm³/mol. The summed E-state index contributed by atoms with van der Waals surface area (Å²) in [5.74, 6) is -0.436. The lowest BCUT2D eigenvalue weighted by Gasteiger charge is -2.05. The third-order valence-corrected chi connectivity index (χ3v) is 2.60. The van der Waals surface area contributed by atoms with E-state index in [1.54, 1.807) is 25.3 Å². The third-order valence-electron chi connectivity index (χ3n) is 2.11. The zero-order valence-corrected chi connectivity index (χ0v) is 9.51. The van der Waals surface area contributed by atoms with Gasteiger partial charge in [-0.1, -0.05) is 15.9 Å². The molecular weight excluding hydrogens is 263 g/mol. The molecule has 1 heterocycles. The molecule has 2 aromatic rings. The van der Waals surface area contributed by atoms with Gasteiger partial charge in [-0.05, 0) is 25.1 Å². The van der Waals surface area contributed by atoms with Gasteiger partial charge in [-0.2, -0.15) is 0 Å². The van der Waals surface area contributed by atoms with Crippen molar-refractivity contribution < 1.29 is 4.39 Å². The van der Waals surface area contributed by atoms with Gasteiger partial charge in [0.25, 0.3) is 0 Å². The van der Waals surface area contributed by atoms with Crippen molar-refractivity contribution in [3.8, 4) is 5.69 Å². The van der Waals surface area contributed by atoms with Gasteiger partial charge in [0.1, 0.15) is 5.82 Å². The molecule has 15 heavy (non-hydrogen) atoms. The smallest absolute Gasteiger partial charge is 0.312 e. The molecule has 0 aliphatic rings. The Labute approximate surface area is 93.7 Å². The van der Waals surface area contributed by atoms with E-state index in [-0.39, 0.29) is 11.4 Å². The van der Waals surface area contributed by atoms with E-state index in [9.17, 15) is 9.18 Å². The largest absolute Gasteiger partial charge is 0.330 e. The van der Waals surface area contributed by atoms with E-state index in [0.29, 0.717) is 10.2 Å². The first kappa shape index (κ1) is 10.2. The van der Waals surface area contributed by atoms with Gasteiger partial charge in [-0.15, -0.1) is 0 Å². The van der Waals surface area contributed by atoms with E-state index in [4.69, 9.17) is 0 Å². The SMILES string of the molecule is Cc1c[nH]c(=O)n1-c1ccc(Br)cc1F. The average molecular weight is 271 g/mol. The Morgan fingerprint density at radius 3 is 2.73 bits per heavy atom. The number of aromatic amines is 1. The maximum atomic E-state index is 13.6. The van der Waals surface area contributed by atoms with Crippen molar-refractivity contribution >= 4 is 15.9 Å². The predicted octanol–water partition coefficient (Wildman–Crippen LogP) is 2.38. The summed E-state index contributed by atoms with van der Waals surface area (Å²) in [5, 5.41) is 0. The minimum Gasteiger partial charge on any atom is -0.312 e. The molecule has 0 bridgehead atoms. The molecular formula is C10H8BrFN2O. The quantitative estimate of drug-likeness (QED) is 0.849. The van der Waals surface area contributed by atoms with E-state index < -0.39 is 5.82 Å². The van der Waals surface area contributed by atoms with Gasteiger partial charge in [0, 0.05) is 16.4 Å². The molecule has 5 heteroatoms. The molecule has 0 amide bonds. The second kappa shape index (κ2) is 3.66. The number of hydrogen-bond donors (Lipinski definition) is 1. The fraction of sp³-hybridized carbons (Fsp3) is 0.100. The Morgan fingerprint density at radius 1 is 1.47 bits per heavy atom. The first-order chi connectivity index (χ1) is 7.09. The van der Waals surface area contributed by atoms with E-state index >= 15 is 0 Å². The van der Waals surface area contributed by atoms with Crippen LogP contribution in [0.2, 0.25) is 0 Å². The number of rotatable bonds is 1. The van der Waals surface area contributed by atoms with Gasteiger partial charge >= 0.3 is 5.69 Å². The highest BCUT2D eigenvalue weighted by Gasteiger charge is 2.09. The molecule has 0 aliphatic carbocycles. The third kappa shape index (κ3) is 1.74. The molecule has 1 aromatic carbocycles. The molecule has 78 valence electrons. The van der Waals surface area contributed by atoms with Crippen molar-refractivity contribution in [3.05, 3.63) is 50.9 Å². The molecule has 2 rings (SSSR count). The summed E-state index contributed by atoms with van der Waals surface area (Å²) >= 11 is 3.16. The van der Waals surface area contributed by atoms with Crippen molar-refractivity contribution in [2.24, 2.45) is 0 Å². The molecule has 1 aromatic heterocycles. The van der Waals surface area contributed by atoms with Gasteiger partial charge in [-0.3, -0.25) is 4.57 Å². The Bertz CT molecular complexity index is 559. The van der Waals surface area contributed by atoms with Crippen molar-refractivity contribution in [2.45, 2.75) is 6.92 Å². The van der Waals surface area contributed by atoms with Crippen molar-refractivity contribution in [2.75, 3.05) is 0 Å². The van der Waals surface area contributed by atoms with Crippen LogP contribution in [0.4, 0.5) is 4.39 Å². The second-order valence-corrected chi connectivity index (χ2v) is 4.08. The van der Waals surface area contributed by atoms with E-state index in [0.717, 1.165) is 0 Å². The summed E-state index contributed by atoms with van der Waals surface area (Å²) in [6.07, 6.45) is 1.55. The standard InChI is InChI=1S/C10H8BrFN2O/c1-6-5-13-10(15)14(6)9-3-2-7(11)4-8(9)12/h2-5H,1H3,(H,13,15). The van der Waals surface area contributed by atoms with Crippen molar-refractivity contribution in [1.82, 2.24) is 9.55 Å². The molecule has 0 spiro atoms. The highest BCUT2D eigenvalue weighted by molar-refractivity contribution is 9.10. The van der Waals surface area contributed by atoms with E-state index in [1.165, 1.54) is 10.6 Å². The zero-order chi connectivity index (χ0) is 11.0. The van der Waals surface area contributed by atoms with Gasteiger partial charge in [0.05, 0.1) is 5.69 Å². The molecule has 1 N–H and O–H groups in total. The second-order valence-electron chi connectivity index (χ2n) is 3.17. The number of H-pyrrole nitrogens is 1. The topological polar surface area (TPSA) is 37.8 Å². The molecule has 0 fully saturated rings. The summed E-state index contributed by atoms with van der Waals surface area (Å²) in [4.78, 5) is 13.9. The first-order valence-electron chi connectivity index (χ1n) is 4.32. The maximum Gasteiger partial charge on any atom is 0.330 e. The van der Waals surface area contributed by atoms with Gasteiger partial charge in [0.2, 0.25) is 0 Å². The van der Waals surface area contributed by atoms with Crippen molar-refractivity contribution in [3.63, 3.8) is 0 Å². The van der Waals surface area contributed by atoms with Gasteiger partial charge in [-0.25, -0.2) is 9.18 Å². The number of nitrogens with zero attached hydrogens (tertiary/aromatic N) is 1. The first-order valence-corrected chi connectivity index (χ1v) is 5.11. The van der Waals surface area contributed by atoms with Crippen LogP contribution >= 0.6 is 15.9 Å². The maximum absolute atomic E-state index is 13.6. The highest BCUT2D eigenvalue weighted by Crippen LogP contribution is 2.18. The number of halogens is 2. The van der Waals surface area contributed by atoms with Crippen LogP contribution in [0.15, 0.2) is 33.7 Å². The molecule has 0 radical (unpaired) electrons. The summed E-state index contributed by atoms with van der Waals surface area (Å²) in [6, 6.07) is 4.58. The number of aryl methyl sites for hydroxylation is 1. The molecule has 0 unspecified atom stereocenters. The van der Waals surface area contributed by atoms with Crippen LogP contribution in [-0.4, -0.2) is 9.55 Å². The minimum atomic E-state index is -0.436. The lowest BCUT2D eigenvalue weighted by Crippen LogP contribution is -2.17. The van der Waals surface area contributed by atoms with Crippen LogP contribution in [0.25, 0.3) is 5.69 Å². The number of imidazole rings is 1. The Balaban J connectivity index is 2.69. The number of hydrogen-bond acceptors (Lipinski definition) is 1. The number of nitrogens with one attached hydrogen (secondary N) is 1. The van der Waals surface area contributed by atoms with Gasteiger partial charge in [0.15, 0.2) is 0 Å². The molecule has 0 saturated carbocycles. The summed E-state index contributed by atoms with van der Waals surface area (Å²) in [7, 11) is 0. The van der Waals surface area contributed by atoms with E-state index in [2.05, 4.69) is 20.9 Å². The average Bonchev–Trinajstić information content (AvgIpc) is 2.48. The fourth-order valence-corrected chi connectivity index (χ4v) is 1.75. The summed E-state index contributed by atoms with van der Waals surface area (Å²) in [6.45, 7) is 1.74. The Hall–Kier alpha value is -1.36. The van der Waals surface area contributed by atoms with Crippen LogP contribution in [-0.2, 0) is 0 Å². The minimum absolute atomic E-state index is 0.252. The lowest BCUT2D eigenvalue weighted by molar-refractivity contribution is 0.614. The summed E-state index contributed by atoms with van der Waals surface area (Å²) < 4.78 is 15.5. The van der Waals surface area contributed by atoms with Crippen LogP contribution in [0.5, 0.6) is 0 Å². The fourth-order valence-electron chi connectivity index (χ4n) is 1.42. The molecule has 3 nitrogen and oxygen atoms in total. The number of benzene rings is 1. The van der Waals surface area contributed by atoms with Crippen LogP contribution in [0, 0.1) is 12.7 Å². The van der Waals surface area contributed by atoms with Crippen LogP contribution in [0.3, 0.4) is 0 Å². The van der Waals surface area contributed by atoms with Crippen LogP contribution in [0.1, 0.15) is 5.69 Å². The Morgan fingerprint density at radius 2 is 2.20 bits per heavy atom. The van der Waals surface area contributed by atoms with Crippen LogP contribution < -0.4 is 5.69 Å². The zero-order valence-electron chi connectivity index (χ0n) is 7.92. The normalized spacial score (nSPS) is 10.6. The van der Waals surface area contributed by atoms with Crippen molar-refractivity contribution in [1.29, 1.82) is 0 Å².